The van der Waals surface area contributed by atoms with E-state index in [0.29, 0.717) is 23.5 Å². The fourth-order valence-corrected chi connectivity index (χ4v) is 7.31. The van der Waals surface area contributed by atoms with Crippen molar-refractivity contribution in [2.45, 2.75) is 35.1 Å². The first-order chi connectivity index (χ1) is 17.1. The molecule has 0 unspecified atom stereocenters. The van der Waals surface area contributed by atoms with Crippen molar-refractivity contribution in [2.75, 3.05) is 19.6 Å². The van der Waals surface area contributed by atoms with Crippen LogP contribution in [0.2, 0.25) is 0 Å². The second-order valence-electron chi connectivity index (χ2n) is 9.89. The van der Waals surface area contributed by atoms with E-state index in [4.69, 9.17) is 9.51 Å². The number of aliphatic hydroxyl groups is 1. The van der Waals surface area contributed by atoms with E-state index in [1.165, 1.54) is 17.7 Å². The molecule has 1 aromatic heterocycles. The molecule has 7 rings (SSSR count). The lowest BCUT2D eigenvalue weighted by atomic mass is 9.85. The number of piperidine rings is 3. The van der Waals surface area contributed by atoms with Gasteiger partial charge >= 0.3 is 0 Å². The van der Waals surface area contributed by atoms with Crippen molar-refractivity contribution in [3.63, 3.8) is 0 Å². The molecule has 0 spiro atoms. The summed E-state index contributed by atoms with van der Waals surface area (Å²) in [7, 11) is 0. The lowest BCUT2D eigenvalue weighted by molar-refractivity contribution is -0.955. The van der Waals surface area contributed by atoms with Crippen LogP contribution in [0.25, 0.3) is 0 Å². The average molecular weight is 485 g/mol. The fourth-order valence-electron chi connectivity index (χ4n) is 5.79. The summed E-state index contributed by atoms with van der Waals surface area (Å²) in [5.41, 5.74) is -0.0161. The second-order valence-corrected chi connectivity index (χ2v) is 11.2. The van der Waals surface area contributed by atoms with E-state index in [2.05, 4.69) is 35.5 Å². The molecule has 3 aliphatic rings. The van der Waals surface area contributed by atoms with E-state index in [1.807, 2.05) is 72.4 Å². The van der Waals surface area contributed by atoms with Crippen LogP contribution in [-0.4, -0.2) is 44.6 Å². The molecule has 0 saturated carbocycles. The summed E-state index contributed by atoms with van der Waals surface area (Å²) in [5, 5.41) is 16.9. The summed E-state index contributed by atoms with van der Waals surface area (Å²) in [6.07, 6.45) is 2.48. The molecule has 1 N–H and O–H groups in total. The zero-order valence-electron chi connectivity index (χ0n) is 19.7. The molecular weight excluding hydrogens is 454 g/mol. The molecule has 0 amide bonds. The number of nitrogens with zero attached hydrogens (tertiary/aromatic N) is 3. The summed E-state index contributed by atoms with van der Waals surface area (Å²) in [6, 6.07) is 29.9. The van der Waals surface area contributed by atoms with Gasteiger partial charge in [0.25, 0.3) is 5.89 Å². The van der Waals surface area contributed by atoms with Gasteiger partial charge in [0.05, 0.1) is 24.9 Å². The molecule has 2 bridgehead atoms. The summed E-state index contributed by atoms with van der Waals surface area (Å²) < 4.78 is 6.79. The van der Waals surface area contributed by atoms with Gasteiger partial charge in [0.2, 0.25) is 5.82 Å². The lowest BCUT2D eigenvalue weighted by Crippen LogP contribution is -2.62. The minimum absolute atomic E-state index is 0.296. The minimum atomic E-state index is -1.47. The third-order valence-corrected chi connectivity index (χ3v) is 9.10. The van der Waals surface area contributed by atoms with Crippen molar-refractivity contribution >= 4 is 11.8 Å². The second kappa shape index (κ2) is 9.26. The van der Waals surface area contributed by atoms with Gasteiger partial charge in [0, 0.05) is 17.7 Å². The quantitative estimate of drug-likeness (QED) is 0.363. The fraction of sp³-hybridized carbons (Fsp3) is 0.310. The number of hydrogen-bond acceptors (Lipinski definition) is 5. The van der Waals surface area contributed by atoms with Gasteiger partial charge in [-0.3, -0.25) is 0 Å². The van der Waals surface area contributed by atoms with Crippen LogP contribution in [0.3, 0.4) is 0 Å². The number of thioether (sulfide) groups is 1. The monoisotopic (exact) mass is 484 g/mol. The van der Waals surface area contributed by atoms with Crippen LogP contribution < -0.4 is 0 Å². The third-order valence-electron chi connectivity index (χ3n) is 7.72. The van der Waals surface area contributed by atoms with Gasteiger partial charge in [0.15, 0.2) is 12.1 Å². The van der Waals surface area contributed by atoms with Crippen LogP contribution in [-0.2, 0) is 12.1 Å². The molecular formula is C29H30N3O2S+. The highest BCUT2D eigenvalue weighted by Gasteiger charge is 2.47. The van der Waals surface area contributed by atoms with Gasteiger partial charge in [-0.2, -0.15) is 4.98 Å². The molecule has 3 saturated heterocycles. The van der Waals surface area contributed by atoms with Crippen LogP contribution in [0.1, 0.15) is 35.7 Å². The number of benzene rings is 3. The van der Waals surface area contributed by atoms with Crippen molar-refractivity contribution in [3.05, 3.63) is 114 Å². The Morgan fingerprint density at radius 3 is 2.03 bits per heavy atom. The maximum Gasteiger partial charge on any atom is 0.282 e. The van der Waals surface area contributed by atoms with Crippen molar-refractivity contribution in [2.24, 2.45) is 5.92 Å². The van der Waals surface area contributed by atoms with Gasteiger partial charge < -0.3 is 14.1 Å². The van der Waals surface area contributed by atoms with E-state index in [1.54, 1.807) is 0 Å². The van der Waals surface area contributed by atoms with E-state index in [0.717, 1.165) is 41.2 Å². The standard InChI is InChI=1S/C29H30N3O2S/c33-29(23-10-4-1-5-11-23,24-12-6-2-7-13-24)28-30-27(34-31-28)21-32-18-16-22(17-19-32)26(20-32)35-25-14-8-3-9-15-25/h1-15,22,26,33H,16-21H2/q+1/t22?,26-,32?/m0/s1. The Hall–Kier alpha value is -2.93. The zero-order valence-corrected chi connectivity index (χ0v) is 20.5. The summed E-state index contributed by atoms with van der Waals surface area (Å²) in [5.74, 6) is 1.68. The Bertz CT molecular complexity index is 1220. The highest BCUT2D eigenvalue weighted by Crippen LogP contribution is 2.43. The van der Waals surface area contributed by atoms with E-state index in [-0.39, 0.29) is 0 Å². The normalized spacial score (nSPS) is 23.9. The Morgan fingerprint density at radius 1 is 0.857 bits per heavy atom. The third kappa shape index (κ3) is 4.31. The first-order valence-corrected chi connectivity index (χ1v) is 13.3. The first kappa shape index (κ1) is 22.5. The number of quaternary nitrogens is 1. The topological polar surface area (TPSA) is 59.2 Å². The van der Waals surface area contributed by atoms with Crippen LogP contribution in [0.15, 0.2) is 100 Å². The highest BCUT2D eigenvalue weighted by molar-refractivity contribution is 8.00. The highest BCUT2D eigenvalue weighted by atomic mass is 32.2. The van der Waals surface area contributed by atoms with Crippen LogP contribution in [0.4, 0.5) is 0 Å². The molecule has 4 heterocycles. The van der Waals surface area contributed by atoms with E-state index >= 15 is 0 Å². The number of rotatable bonds is 7. The summed E-state index contributed by atoms with van der Waals surface area (Å²) in [4.78, 5) is 6.15. The van der Waals surface area contributed by atoms with E-state index in [9.17, 15) is 5.11 Å². The van der Waals surface area contributed by atoms with E-state index < -0.39 is 5.60 Å². The van der Waals surface area contributed by atoms with Gasteiger partial charge in [-0.15, -0.1) is 11.8 Å². The van der Waals surface area contributed by atoms with Gasteiger partial charge in [-0.1, -0.05) is 84.0 Å². The SMILES string of the molecule is OC(c1ccccc1)(c1ccccc1)c1noc(C[N+]23CCC(CC2)[C@@H](Sc2ccccc2)C3)n1. The van der Waals surface area contributed by atoms with Crippen molar-refractivity contribution in [3.8, 4) is 0 Å². The molecule has 0 radical (unpaired) electrons. The average Bonchev–Trinajstić information content (AvgIpc) is 3.39. The lowest BCUT2D eigenvalue weighted by Gasteiger charge is -2.51. The van der Waals surface area contributed by atoms with Crippen LogP contribution >= 0.6 is 11.8 Å². The smallest absolute Gasteiger partial charge is 0.282 e. The van der Waals surface area contributed by atoms with Crippen molar-refractivity contribution in [1.29, 1.82) is 0 Å². The predicted molar refractivity (Wildman–Crippen MR) is 137 cm³/mol. The Kier molecular flexibility index (Phi) is 5.96. The molecule has 35 heavy (non-hydrogen) atoms. The summed E-state index contributed by atoms with van der Waals surface area (Å²) in [6.45, 7) is 4.13. The Morgan fingerprint density at radius 2 is 1.43 bits per heavy atom. The molecule has 3 aliphatic heterocycles. The molecule has 4 aromatic rings. The van der Waals surface area contributed by atoms with Gasteiger partial charge in [0.1, 0.15) is 0 Å². The Labute approximate surface area is 210 Å². The molecule has 1 atom stereocenters. The summed E-state index contributed by atoms with van der Waals surface area (Å²) >= 11 is 2.02. The molecule has 6 heteroatoms. The maximum absolute atomic E-state index is 12.0. The van der Waals surface area contributed by atoms with Crippen LogP contribution in [0.5, 0.6) is 0 Å². The predicted octanol–water partition coefficient (Wildman–Crippen LogP) is 5.26. The van der Waals surface area contributed by atoms with Crippen molar-refractivity contribution in [1.82, 2.24) is 10.1 Å². The zero-order chi connectivity index (χ0) is 23.7. The largest absolute Gasteiger partial charge is 0.373 e. The Balaban J connectivity index is 1.27. The molecule has 0 aliphatic carbocycles. The van der Waals surface area contributed by atoms with Gasteiger partial charge in [-0.25, -0.2) is 0 Å². The first-order valence-electron chi connectivity index (χ1n) is 12.4. The number of hydrogen-bond donors (Lipinski definition) is 1. The molecule has 3 fully saturated rings. The minimum Gasteiger partial charge on any atom is -0.373 e. The number of fused-ring (bicyclic) bond motifs is 3. The maximum atomic E-state index is 12.0. The van der Waals surface area contributed by atoms with Crippen molar-refractivity contribution < 1.29 is 14.1 Å². The molecule has 5 nitrogen and oxygen atoms in total. The van der Waals surface area contributed by atoms with Gasteiger partial charge in [-0.05, 0) is 29.2 Å². The molecule has 3 aromatic carbocycles. The molecule has 178 valence electrons. The number of aromatic nitrogens is 2. The van der Waals surface area contributed by atoms with Crippen LogP contribution in [0, 0.1) is 5.92 Å².